The summed E-state index contributed by atoms with van der Waals surface area (Å²) in [5.74, 6) is 0.403. The van der Waals surface area contributed by atoms with Gasteiger partial charge < -0.3 is 0 Å². The molecular weight excluding hydrogens is 224 g/mol. The number of carbonyl (C=O) groups is 1. The number of rotatable bonds is 6. The van der Waals surface area contributed by atoms with Gasteiger partial charge in [0.2, 0.25) is 0 Å². The zero-order chi connectivity index (χ0) is 14.2. The fourth-order valence-corrected chi connectivity index (χ4v) is 3.31. The van der Waals surface area contributed by atoms with Gasteiger partial charge >= 0.3 is 0 Å². The highest BCUT2D eigenvalue weighted by Gasteiger charge is 2.57. The van der Waals surface area contributed by atoms with E-state index in [0.717, 1.165) is 0 Å². The maximum Gasteiger partial charge on any atom is 0.171 e. The van der Waals surface area contributed by atoms with Gasteiger partial charge in [-0.15, -0.1) is 0 Å². The SMILES string of the molecule is CC(C)N(C(C)C)C1C(=O)C1N(C(C)C)C(C)C. The Labute approximate surface area is 113 Å². The van der Waals surface area contributed by atoms with E-state index in [9.17, 15) is 4.79 Å². The summed E-state index contributed by atoms with van der Waals surface area (Å²) < 4.78 is 0. The van der Waals surface area contributed by atoms with Crippen molar-refractivity contribution in [2.75, 3.05) is 0 Å². The first kappa shape index (κ1) is 15.6. The van der Waals surface area contributed by atoms with Crippen molar-refractivity contribution in [1.82, 2.24) is 9.80 Å². The monoisotopic (exact) mass is 254 g/mol. The van der Waals surface area contributed by atoms with Crippen LogP contribution in [-0.4, -0.2) is 51.8 Å². The predicted molar refractivity (Wildman–Crippen MR) is 76.8 cm³/mol. The second-order valence-corrected chi connectivity index (χ2v) is 6.56. The fraction of sp³-hybridized carbons (Fsp3) is 0.933. The molecule has 0 saturated heterocycles. The van der Waals surface area contributed by atoms with Crippen LogP contribution in [0.25, 0.3) is 0 Å². The second kappa shape index (κ2) is 5.70. The zero-order valence-corrected chi connectivity index (χ0v) is 13.3. The van der Waals surface area contributed by atoms with Crippen LogP contribution in [0.4, 0.5) is 0 Å². The molecule has 0 spiro atoms. The summed E-state index contributed by atoms with van der Waals surface area (Å²) in [5.41, 5.74) is 0. The van der Waals surface area contributed by atoms with Crippen LogP contribution in [-0.2, 0) is 4.79 Å². The number of hydrogen-bond donors (Lipinski definition) is 0. The van der Waals surface area contributed by atoms with Crippen molar-refractivity contribution in [3.8, 4) is 0 Å². The van der Waals surface area contributed by atoms with Gasteiger partial charge in [-0.1, -0.05) is 0 Å². The first-order chi connectivity index (χ1) is 8.20. The Kier molecular flexibility index (Phi) is 4.96. The van der Waals surface area contributed by atoms with E-state index in [0.29, 0.717) is 30.0 Å². The highest BCUT2D eigenvalue weighted by atomic mass is 16.1. The Morgan fingerprint density at radius 1 is 0.667 bits per heavy atom. The van der Waals surface area contributed by atoms with E-state index in [-0.39, 0.29) is 12.1 Å². The molecule has 1 aliphatic carbocycles. The van der Waals surface area contributed by atoms with Crippen LogP contribution in [0.3, 0.4) is 0 Å². The standard InChI is InChI=1S/C15H30N2O/c1-9(2)16(10(3)4)13-14(15(13)18)17(11(5)6)12(7)8/h9-14H,1-8H3. The van der Waals surface area contributed by atoms with Gasteiger partial charge in [-0.05, 0) is 55.4 Å². The number of hydrogen-bond acceptors (Lipinski definition) is 3. The van der Waals surface area contributed by atoms with Crippen LogP contribution in [0.1, 0.15) is 55.4 Å². The summed E-state index contributed by atoms with van der Waals surface area (Å²) in [7, 11) is 0. The van der Waals surface area contributed by atoms with Crippen molar-refractivity contribution in [3.05, 3.63) is 0 Å². The molecule has 0 aromatic heterocycles. The van der Waals surface area contributed by atoms with Crippen LogP contribution in [0.5, 0.6) is 0 Å². The van der Waals surface area contributed by atoms with E-state index in [2.05, 4.69) is 65.2 Å². The zero-order valence-electron chi connectivity index (χ0n) is 13.3. The molecule has 0 heterocycles. The van der Waals surface area contributed by atoms with Crippen molar-refractivity contribution >= 4 is 5.78 Å². The minimum Gasteiger partial charge on any atom is -0.296 e. The molecule has 0 aromatic rings. The first-order valence-electron chi connectivity index (χ1n) is 7.28. The molecule has 0 amide bonds. The Bertz CT molecular complexity index is 253. The Balaban J connectivity index is 2.86. The molecule has 0 aliphatic heterocycles. The van der Waals surface area contributed by atoms with Gasteiger partial charge in [-0.2, -0.15) is 0 Å². The van der Waals surface area contributed by atoms with Gasteiger partial charge in [0.05, 0.1) is 12.1 Å². The van der Waals surface area contributed by atoms with E-state index in [1.807, 2.05) is 0 Å². The molecular formula is C15H30N2O. The van der Waals surface area contributed by atoms with Crippen LogP contribution in [0.2, 0.25) is 0 Å². The van der Waals surface area contributed by atoms with Crippen LogP contribution in [0.15, 0.2) is 0 Å². The summed E-state index contributed by atoms with van der Waals surface area (Å²) in [4.78, 5) is 16.9. The van der Waals surface area contributed by atoms with Gasteiger partial charge in [-0.3, -0.25) is 14.6 Å². The van der Waals surface area contributed by atoms with Crippen LogP contribution < -0.4 is 0 Å². The van der Waals surface area contributed by atoms with Crippen molar-refractivity contribution in [2.24, 2.45) is 0 Å². The van der Waals surface area contributed by atoms with E-state index < -0.39 is 0 Å². The molecule has 2 atom stereocenters. The molecule has 1 saturated carbocycles. The highest BCUT2D eigenvalue weighted by Crippen LogP contribution is 2.34. The van der Waals surface area contributed by atoms with E-state index >= 15 is 0 Å². The maximum absolute atomic E-state index is 12.2. The molecule has 1 rings (SSSR count). The van der Waals surface area contributed by atoms with E-state index in [4.69, 9.17) is 0 Å². The van der Waals surface area contributed by atoms with Crippen LogP contribution in [0, 0.1) is 0 Å². The summed E-state index contributed by atoms with van der Waals surface area (Å²) >= 11 is 0. The highest BCUT2D eigenvalue weighted by molar-refractivity contribution is 6.07. The van der Waals surface area contributed by atoms with Gasteiger partial charge in [0.1, 0.15) is 0 Å². The maximum atomic E-state index is 12.2. The molecule has 1 aliphatic rings. The van der Waals surface area contributed by atoms with Gasteiger partial charge in [-0.25, -0.2) is 0 Å². The number of ketones is 1. The summed E-state index contributed by atoms with van der Waals surface area (Å²) in [6, 6.07) is 1.90. The molecule has 3 heteroatoms. The van der Waals surface area contributed by atoms with Crippen molar-refractivity contribution in [3.63, 3.8) is 0 Å². The molecule has 0 radical (unpaired) electrons. The van der Waals surface area contributed by atoms with Crippen molar-refractivity contribution < 1.29 is 4.79 Å². The van der Waals surface area contributed by atoms with Gasteiger partial charge in [0.15, 0.2) is 5.78 Å². The van der Waals surface area contributed by atoms with E-state index in [1.54, 1.807) is 0 Å². The Morgan fingerprint density at radius 2 is 0.889 bits per heavy atom. The van der Waals surface area contributed by atoms with Gasteiger partial charge in [0, 0.05) is 24.2 Å². The lowest BCUT2D eigenvalue weighted by atomic mass is 10.2. The molecule has 106 valence electrons. The normalized spacial score (nSPS) is 24.4. The number of Topliss-reactive ketones (excluding diaryl/α,β-unsaturated/α-hetero) is 1. The summed E-state index contributed by atoms with van der Waals surface area (Å²) in [5, 5.41) is 0. The van der Waals surface area contributed by atoms with E-state index in [1.165, 1.54) is 0 Å². The topological polar surface area (TPSA) is 23.6 Å². The number of nitrogens with zero attached hydrogens (tertiary/aromatic N) is 2. The Morgan fingerprint density at radius 3 is 1.06 bits per heavy atom. The van der Waals surface area contributed by atoms with Crippen molar-refractivity contribution in [1.29, 1.82) is 0 Å². The first-order valence-corrected chi connectivity index (χ1v) is 7.28. The molecule has 3 nitrogen and oxygen atoms in total. The molecule has 0 N–H and O–H groups in total. The smallest absolute Gasteiger partial charge is 0.171 e. The summed E-state index contributed by atoms with van der Waals surface area (Å²) in [6.45, 7) is 17.4. The van der Waals surface area contributed by atoms with Gasteiger partial charge in [0.25, 0.3) is 0 Å². The quantitative estimate of drug-likeness (QED) is 0.728. The average Bonchev–Trinajstić information content (AvgIpc) is 2.76. The third kappa shape index (κ3) is 2.94. The molecule has 2 unspecified atom stereocenters. The lowest BCUT2D eigenvalue weighted by molar-refractivity contribution is -0.113. The lowest BCUT2D eigenvalue weighted by Crippen LogP contribution is -2.46. The average molecular weight is 254 g/mol. The largest absolute Gasteiger partial charge is 0.296 e. The fourth-order valence-electron chi connectivity index (χ4n) is 3.31. The molecule has 1 fully saturated rings. The molecule has 18 heavy (non-hydrogen) atoms. The third-order valence-electron chi connectivity index (χ3n) is 3.80. The number of carbonyl (C=O) groups excluding carboxylic acids is 1. The minimum atomic E-state index is 0.106. The minimum absolute atomic E-state index is 0.106. The lowest BCUT2D eigenvalue weighted by Gasteiger charge is -2.34. The molecule has 0 bridgehead atoms. The molecule has 0 aromatic carbocycles. The van der Waals surface area contributed by atoms with Crippen LogP contribution >= 0.6 is 0 Å². The summed E-state index contributed by atoms with van der Waals surface area (Å²) in [6.07, 6.45) is 0. The van der Waals surface area contributed by atoms with Crippen molar-refractivity contribution in [2.45, 2.75) is 91.6 Å². The Hall–Kier alpha value is -0.410. The second-order valence-electron chi connectivity index (χ2n) is 6.56. The third-order valence-corrected chi connectivity index (χ3v) is 3.80. The predicted octanol–water partition coefficient (Wildman–Crippen LogP) is 2.54.